The average molecular weight is 458 g/mol. The first-order valence-corrected chi connectivity index (χ1v) is 11.1. The number of H-pyrrole nitrogens is 1. The Morgan fingerprint density at radius 1 is 1.09 bits per heavy atom. The molecule has 1 atom stereocenters. The summed E-state index contributed by atoms with van der Waals surface area (Å²) in [4.78, 5) is 32.6. The van der Waals surface area contributed by atoms with Gasteiger partial charge in [0.1, 0.15) is 11.6 Å². The van der Waals surface area contributed by atoms with Crippen molar-refractivity contribution < 1.29 is 28.5 Å². The largest absolute Gasteiger partial charge is 0.493 e. The number of nitrogens with zero attached hydrogens (tertiary/aromatic N) is 1. The normalized spacial score (nSPS) is 19.1. The zero-order chi connectivity index (χ0) is 23.4. The number of imidazole rings is 1. The quantitative estimate of drug-likeness (QED) is 0.344. The smallest absolute Gasteiger partial charge is 0.346 e. The van der Waals surface area contributed by atoms with E-state index in [1.807, 2.05) is 44.2 Å². The van der Waals surface area contributed by atoms with E-state index >= 15 is 0 Å². The van der Waals surface area contributed by atoms with Crippen LogP contribution in [0.2, 0.25) is 0 Å². The van der Waals surface area contributed by atoms with Crippen LogP contribution in [0.15, 0.2) is 48.5 Å². The van der Waals surface area contributed by atoms with Gasteiger partial charge in [-0.15, -0.1) is 0 Å². The van der Waals surface area contributed by atoms with E-state index < -0.39 is 17.7 Å². The van der Waals surface area contributed by atoms with Gasteiger partial charge in [-0.3, -0.25) is 0 Å². The Morgan fingerprint density at radius 2 is 1.88 bits per heavy atom. The Balaban J connectivity index is 1.25. The summed E-state index contributed by atoms with van der Waals surface area (Å²) >= 11 is 0. The van der Waals surface area contributed by atoms with E-state index in [4.69, 9.17) is 23.9 Å². The van der Waals surface area contributed by atoms with Crippen LogP contribution in [-0.2, 0) is 14.2 Å². The van der Waals surface area contributed by atoms with E-state index in [0.29, 0.717) is 46.6 Å². The number of benzene rings is 3. The predicted molar refractivity (Wildman–Crippen MR) is 124 cm³/mol. The van der Waals surface area contributed by atoms with Crippen molar-refractivity contribution >= 4 is 33.7 Å². The number of carbonyl (C=O) groups is 2. The van der Waals surface area contributed by atoms with Gasteiger partial charge < -0.3 is 23.9 Å². The van der Waals surface area contributed by atoms with Crippen molar-refractivity contribution in [2.45, 2.75) is 32.2 Å². The van der Waals surface area contributed by atoms with Crippen LogP contribution < -0.4 is 4.74 Å². The zero-order valence-corrected chi connectivity index (χ0v) is 18.7. The summed E-state index contributed by atoms with van der Waals surface area (Å²) in [6, 6.07) is 14.6. The van der Waals surface area contributed by atoms with Gasteiger partial charge in [0.25, 0.3) is 0 Å². The Kier molecular flexibility index (Phi) is 4.68. The van der Waals surface area contributed by atoms with Crippen LogP contribution in [0.1, 0.15) is 41.0 Å². The second-order valence-corrected chi connectivity index (χ2v) is 8.92. The molecule has 34 heavy (non-hydrogen) atoms. The summed E-state index contributed by atoms with van der Waals surface area (Å²) in [7, 11) is 0. The molecule has 0 spiro atoms. The number of rotatable bonds is 5. The summed E-state index contributed by atoms with van der Waals surface area (Å²) in [6.07, 6.45) is 0.783. The number of hydrogen-bond donors (Lipinski definition) is 1. The monoisotopic (exact) mass is 458 g/mol. The fourth-order valence-corrected chi connectivity index (χ4v) is 4.54. The van der Waals surface area contributed by atoms with E-state index in [-0.39, 0.29) is 6.10 Å². The maximum Gasteiger partial charge on any atom is 0.346 e. The van der Waals surface area contributed by atoms with Gasteiger partial charge in [-0.2, -0.15) is 0 Å². The van der Waals surface area contributed by atoms with Crippen molar-refractivity contribution in [2.75, 3.05) is 13.2 Å². The lowest BCUT2D eigenvalue weighted by molar-refractivity contribution is -0.139. The molecule has 1 saturated heterocycles. The van der Waals surface area contributed by atoms with Gasteiger partial charge in [-0.1, -0.05) is 12.1 Å². The first-order chi connectivity index (χ1) is 16.4. The third-order valence-corrected chi connectivity index (χ3v) is 6.14. The van der Waals surface area contributed by atoms with Gasteiger partial charge in [-0.25, -0.2) is 14.6 Å². The number of carbonyl (C=O) groups excluding carboxylic acids is 2. The van der Waals surface area contributed by atoms with Crippen LogP contribution >= 0.6 is 0 Å². The van der Waals surface area contributed by atoms with Gasteiger partial charge in [0.05, 0.1) is 41.5 Å². The molecule has 0 saturated carbocycles. The van der Waals surface area contributed by atoms with E-state index in [1.54, 1.807) is 18.2 Å². The molecular weight excluding hydrogens is 436 g/mol. The number of cyclic esters (lactones) is 2. The molecule has 1 aromatic heterocycles. The summed E-state index contributed by atoms with van der Waals surface area (Å²) in [6.45, 7) is 4.92. The SMILES string of the molecule is CC1(C)OC[C@H](CCOc2ccc(-c3nc4c(cc5c6c(cccc64)C(=O)OC5=O)[nH]3)cc2)O1. The molecule has 4 aromatic rings. The summed E-state index contributed by atoms with van der Waals surface area (Å²) < 4.78 is 22.1. The van der Waals surface area contributed by atoms with Gasteiger partial charge >= 0.3 is 11.9 Å². The standard InChI is InChI=1S/C26H22N2O6/c1-26(2)32-13-16(34-26)10-11-31-15-8-6-14(7-9-15)23-27-20-12-19-21-17(22(20)28-23)4-3-5-18(21)24(29)33-25(19)30/h3-9,12,16H,10-11,13H2,1-2H3,(H,27,28)/t16-/m0/s1. The zero-order valence-electron chi connectivity index (χ0n) is 18.7. The Bertz CT molecular complexity index is 1450. The second-order valence-electron chi connectivity index (χ2n) is 8.92. The van der Waals surface area contributed by atoms with E-state index in [2.05, 4.69) is 4.98 Å². The van der Waals surface area contributed by atoms with E-state index in [0.717, 1.165) is 23.1 Å². The fourth-order valence-electron chi connectivity index (χ4n) is 4.54. The third-order valence-electron chi connectivity index (χ3n) is 6.14. The lowest BCUT2D eigenvalue weighted by atomic mass is 9.96. The van der Waals surface area contributed by atoms with Crippen molar-refractivity contribution in [3.63, 3.8) is 0 Å². The number of fused-ring (bicyclic) bond motifs is 2. The maximum absolute atomic E-state index is 12.3. The topological polar surface area (TPSA) is 99.7 Å². The molecule has 1 fully saturated rings. The summed E-state index contributed by atoms with van der Waals surface area (Å²) in [5, 5.41) is 1.32. The third kappa shape index (κ3) is 3.52. The number of ether oxygens (including phenoxy) is 4. The van der Waals surface area contributed by atoms with Gasteiger partial charge in [0, 0.05) is 22.8 Å². The lowest BCUT2D eigenvalue weighted by Gasteiger charge is -2.17. The van der Waals surface area contributed by atoms with Gasteiger partial charge in [-0.05, 0) is 50.2 Å². The van der Waals surface area contributed by atoms with Crippen molar-refractivity contribution in [2.24, 2.45) is 0 Å². The Hall–Kier alpha value is -3.75. The van der Waals surface area contributed by atoms with Crippen LogP contribution in [0.5, 0.6) is 5.75 Å². The minimum atomic E-state index is -0.647. The number of nitrogens with one attached hydrogen (secondary N) is 1. The van der Waals surface area contributed by atoms with Crippen LogP contribution in [0.25, 0.3) is 33.2 Å². The van der Waals surface area contributed by atoms with Crippen molar-refractivity contribution in [3.05, 3.63) is 59.7 Å². The summed E-state index contributed by atoms with van der Waals surface area (Å²) in [5.74, 6) is -0.401. The number of aromatic amines is 1. The molecule has 8 heteroatoms. The minimum Gasteiger partial charge on any atom is -0.493 e. The molecule has 3 heterocycles. The maximum atomic E-state index is 12.3. The molecule has 0 unspecified atom stereocenters. The van der Waals surface area contributed by atoms with Gasteiger partial charge in [0.15, 0.2) is 5.79 Å². The number of aromatic nitrogens is 2. The summed E-state index contributed by atoms with van der Waals surface area (Å²) in [5.41, 5.74) is 3.00. The molecule has 1 N–H and O–H groups in total. The molecule has 2 aliphatic heterocycles. The molecule has 0 amide bonds. The average Bonchev–Trinajstić information content (AvgIpc) is 3.40. The second kappa shape index (κ2) is 7.65. The lowest BCUT2D eigenvalue weighted by Crippen LogP contribution is -2.22. The van der Waals surface area contributed by atoms with Crippen molar-refractivity contribution in [1.29, 1.82) is 0 Å². The van der Waals surface area contributed by atoms with Crippen molar-refractivity contribution in [1.82, 2.24) is 9.97 Å². The van der Waals surface area contributed by atoms with E-state index in [1.165, 1.54) is 0 Å². The molecule has 8 nitrogen and oxygen atoms in total. The molecule has 172 valence electrons. The molecule has 6 rings (SSSR count). The van der Waals surface area contributed by atoms with Crippen LogP contribution in [0, 0.1) is 0 Å². The van der Waals surface area contributed by atoms with E-state index in [9.17, 15) is 9.59 Å². The van der Waals surface area contributed by atoms with Crippen LogP contribution in [0.4, 0.5) is 0 Å². The molecule has 0 radical (unpaired) electrons. The Labute approximate surface area is 194 Å². The molecule has 0 aliphatic carbocycles. The van der Waals surface area contributed by atoms with Crippen LogP contribution in [-0.4, -0.2) is 47.0 Å². The highest BCUT2D eigenvalue weighted by atomic mass is 16.7. The molecule has 3 aromatic carbocycles. The molecule has 2 aliphatic rings. The van der Waals surface area contributed by atoms with Crippen LogP contribution in [0.3, 0.4) is 0 Å². The highest BCUT2D eigenvalue weighted by Gasteiger charge is 2.32. The number of hydrogen-bond acceptors (Lipinski definition) is 7. The fraction of sp³-hybridized carbons (Fsp3) is 0.269. The molecule has 0 bridgehead atoms. The minimum absolute atomic E-state index is 0.0358. The highest BCUT2D eigenvalue weighted by molar-refractivity contribution is 6.25. The first kappa shape index (κ1) is 20.8. The van der Waals surface area contributed by atoms with Crippen molar-refractivity contribution in [3.8, 4) is 17.1 Å². The first-order valence-electron chi connectivity index (χ1n) is 11.1. The van der Waals surface area contributed by atoms with Gasteiger partial charge in [0.2, 0.25) is 0 Å². The number of esters is 2. The Morgan fingerprint density at radius 3 is 2.65 bits per heavy atom. The molecular formula is C26H22N2O6. The predicted octanol–water partition coefficient (Wildman–Crippen LogP) is 4.61. The highest BCUT2D eigenvalue weighted by Crippen LogP contribution is 2.35.